The normalized spacial score (nSPS) is 18.0. The minimum atomic E-state index is -0.255. The zero-order chi connectivity index (χ0) is 15.0. The van der Waals surface area contributed by atoms with Crippen LogP contribution in [0.3, 0.4) is 0 Å². The standard InChI is InChI=1S/C15H15N3O3/c1-9(19)17-10-6-7-13(16-8-10)18-14(20)11-4-2-3-5-12(11)15(18)21/h6-8H,2-5H2,1H3,(H,17,19). The van der Waals surface area contributed by atoms with Gasteiger partial charge in [0.15, 0.2) is 0 Å². The highest BCUT2D eigenvalue weighted by Gasteiger charge is 2.40. The van der Waals surface area contributed by atoms with Crippen molar-refractivity contribution >= 4 is 29.2 Å². The molecule has 2 heterocycles. The zero-order valence-electron chi connectivity index (χ0n) is 11.7. The van der Waals surface area contributed by atoms with Gasteiger partial charge >= 0.3 is 0 Å². The van der Waals surface area contributed by atoms with Gasteiger partial charge in [-0.2, -0.15) is 0 Å². The van der Waals surface area contributed by atoms with Gasteiger partial charge in [-0.15, -0.1) is 0 Å². The predicted molar refractivity (Wildman–Crippen MR) is 76.5 cm³/mol. The van der Waals surface area contributed by atoms with E-state index in [-0.39, 0.29) is 17.7 Å². The minimum Gasteiger partial charge on any atom is -0.325 e. The smallest absolute Gasteiger partial charge is 0.262 e. The van der Waals surface area contributed by atoms with Gasteiger partial charge in [-0.1, -0.05) is 0 Å². The number of pyridine rings is 1. The Balaban J connectivity index is 1.86. The zero-order valence-corrected chi connectivity index (χ0v) is 11.7. The number of hydrogen-bond donors (Lipinski definition) is 1. The van der Waals surface area contributed by atoms with Gasteiger partial charge in [0, 0.05) is 18.1 Å². The molecule has 1 aromatic rings. The van der Waals surface area contributed by atoms with Crippen molar-refractivity contribution in [1.82, 2.24) is 4.98 Å². The van der Waals surface area contributed by atoms with Crippen molar-refractivity contribution in [3.8, 4) is 0 Å². The molecule has 0 saturated carbocycles. The lowest BCUT2D eigenvalue weighted by Gasteiger charge is -2.14. The predicted octanol–water partition coefficient (Wildman–Crippen LogP) is 1.78. The second kappa shape index (κ2) is 5.12. The molecule has 0 fully saturated rings. The van der Waals surface area contributed by atoms with E-state index in [2.05, 4.69) is 10.3 Å². The van der Waals surface area contributed by atoms with Crippen LogP contribution in [0.4, 0.5) is 11.5 Å². The first-order chi connectivity index (χ1) is 10.1. The first-order valence-electron chi connectivity index (χ1n) is 6.92. The monoisotopic (exact) mass is 285 g/mol. The molecular formula is C15H15N3O3. The summed E-state index contributed by atoms with van der Waals surface area (Å²) in [6.07, 6.45) is 4.66. The van der Waals surface area contributed by atoms with Crippen LogP contribution in [0.5, 0.6) is 0 Å². The third-order valence-corrected chi connectivity index (χ3v) is 3.69. The van der Waals surface area contributed by atoms with E-state index >= 15 is 0 Å². The average Bonchev–Trinajstić information content (AvgIpc) is 2.72. The summed E-state index contributed by atoms with van der Waals surface area (Å²) in [7, 11) is 0. The first kappa shape index (κ1) is 13.5. The van der Waals surface area contributed by atoms with E-state index in [4.69, 9.17) is 0 Å². The molecule has 6 heteroatoms. The van der Waals surface area contributed by atoms with Crippen LogP contribution in [0.1, 0.15) is 32.6 Å². The van der Waals surface area contributed by atoms with Crippen LogP contribution < -0.4 is 10.2 Å². The number of carbonyl (C=O) groups is 3. The van der Waals surface area contributed by atoms with E-state index in [0.29, 0.717) is 35.5 Å². The molecule has 0 atom stereocenters. The first-order valence-corrected chi connectivity index (χ1v) is 6.92. The van der Waals surface area contributed by atoms with Crippen molar-refractivity contribution in [2.24, 2.45) is 0 Å². The van der Waals surface area contributed by atoms with Crippen LogP contribution in [0, 0.1) is 0 Å². The third kappa shape index (κ3) is 2.33. The summed E-state index contributed by atoms with van der Waals surface area (Å²) in [5, 5.41) is 2.59. The van der Waals surface area contributed by atoms with Gasteiger partial charge in [0.2, 0.25) is 5.91 Å². The summed E-state index contributed by atoms with van der Waals surface area (Å²) in [6, 6.07) is 3.20. The lowest BCUT2D eigenvalue weighted by atomic mass is 9.93. The topological polar surface area (TPSA) is 79.4 Å². The largest absolute Gasteiger partial charge is 0.325 e. The van der Waals surface area contributed by atoms with Gasteiger partial charge in [0.1, 0.15) is 5.82 Å². The van der Waals surface area contributed by atoms with Crippen molar-refractivity contribution in [2.45, 2.75) is 32.6 Å². The number of rotatable bonds is 2. The minimum absolute atomic E-state index is 0.199. The molecule has 0 saturated heterocycles. The average molecular weight is 285 g/mol. The van der Waals surface area contributed by atoms with Gasteiger partial charge in [0.05, 0.1) is 11.9 Å². The third-order valence-electron chi connectivity index (χ3n) is 3.69. The Kier molecular flexibility index (Phi) is 3.29. The Labute approximate surface area is 121 Å². The Morgan fingerprint density at radius 3 is 2.24 bits per heavy atom. The molecule has 0 bridgehead atoms. The molecule has 108 valence electrons. The molecule has 0 aromatic carbocycles. The SMILES string of the molecule is CC(=O)Nc1ccc(N2C(=O)C3=C(CCCC3)C2=O)nc1. The van der Waals surface area contributed by atoms with E-state index in [1.807, 2.05) is 0 Å². The summed E-state index contributed by atoms with van der Waals surface area (Å²) in [5.41, 5.74) is 1.81. The molecule has 1 aromatic heterocycles. The number of hydrogen-bond acceptors (Lipinski definition) is 4. The van der Waals surface area contributed by atoms with E-state index in [1.54, 1.807) is 12.1 Å². The fourth-order valence-electron chi connectivity index (χ4n) is 2.74. The Bertz CT molecular complexity index is 633. The Hall–Kier alpha value is -2.50. The van der Waals surface area contributed by atoms with E-state index in [9.17, 15) is 14.4 Å². The highest BCUT2D eigenvalue weighted by atomic mass is 16.2. The maximum absolute atomic E-state index is 12.4. The van der Waals surface area contributed by atoms with Crippen LogP contribution in [-0.4, -0.2) is 22.7 Å². The summed E-state index contributed by atoms with van der Waals surface area (Å²) in [6.45, 7) is 1.40. The van der Waals surface area contributed by atoms with Crippen LogP contribution >= 0.6 is 0 Å². The summed E-state index contributed by atoms with van der Waals surface area (Å²) < 4.78 is 0. The van der Waals surface area contributed by atoms with Crippen molar-refractivity contribution in [2.75, 3.05) is 10.2 Å². The molecule has 1 N–H and O–H groups in total. The molecule has 21 heavy (non-hydrogen) atoms. The molecule has 0 unspecified atom stereocenters. The van der Waals surface area contributed by atoms with E-state index in [0.717, 1.165) is 17.7 Å². The number of aromatic nitrogens is 1. The fourth-order valence-corrected chi connectivity index (χ4v) is 2.74. The highest BCUT2D eigenvalue weighted by molar-refractivity contribution is 6.32. The summed E-state index contributed by atoms with van der Waals surface area (Å²) >= 11 is 0. The van der Waals surface area contributed by atoms with Crippen molar-refractivity contribution in [3.63, 3.8) is 0 Å². The van der Waals surface area contributed by atoms with Crippen molar-refractivity contribution < 1.29 is 14.4 Å². The van der Waals surface area contributed by atoms with E-state index < -0.39 is 0 Å². The van der Waals surface area contributed by atoms with Gasteiger partial charge in [0.25, 0.3) is 11.8 Å². The molecule has 6 nitrogen and oxygen atoms in total. The van der Waals surface area contributed by atoms with Gasteiger partial charge in [-0.3, -0.25) is 14.4 Å². The van der Waals surface area contributed by atoms with Crippen LogP contribution in [0.15, 0.2) is 29.5 Å². The Morgan fingerprint density at radius 2 is 1.76 bits per heavy atom. The Morgan fingerprint density at radius 1 is 1.14 bits per heavy atom. The van der Waals surface area contributed by atoms with E-state index in [1.165, 1.54) is 13.1 Å². The van der Waals surface area contributed by atoms with Gasteiger partial charge in [-0.25, -0.2) is 9.88 Å². The summed E-state index contributed by atoms with van der Waals surface area (Å²) in [4.78, 5) is 40.9. The lowest BCUT2D eigenvalue weighted by molar-refractivity contribution is -0.120. The van der Waals surface area contributed by atoms with Crippen LogP contribution in [0.25, 0.3) is 0 Å². The molecular weight excluding hydrogens is 270 g/mol. The number of nitrogens with one attached hydrogen (secondary N) is 1. The molecule has 1 aliphatic heterocycles. The second-order valence-corrected chi connectivity index (χ2v) is 5.20. The number of carbonyl (C=O) groups excluding carboxylic acids is 3. The number of anilines is 2. The maximum atomic E-state index is 12.4. The quantitative estimate of drug-likeness (QED) is 0.840. The van der Waals surface area contributed by atoms with Crippen molar-refractivity contribution in [1.29, 1.82) is 0 Å². The number of nitrogens with zero attached hydrogens (tertiary/aromatic N) is 2. The fraction of sp³-hybridized carbons (Fsp3) is 0.333. The lowest BCUT2D eigenvalue weighted by Crippen LogP contribution is -2.32. The maximum Gasteiger partial charge on any atom is 0.262 e. The van der Waals surface area contributed by atoms with Crippen LogP contribution in [0.2, 0.25) is 0 Å². The molecule has 3 amide bonds. The molecule has 1 aliphatic carbocycles. The molecule has 3 rings (SSSR count). The molecule has 2 aliphatic rings. The van der Waals surface area contributed by atoms with Gasteiger partial charge < -0.3 is 5.32 Å². The second-order valence-electron chi connectivity index (χ2n) is 5.20. The summed E-state index contributed by atoms with van der Waals surface area (Å²) in [5.74, 6) is -0.410. The van der Waals surface area contributed by atoms with Crippen LogP contribution in [-0.2, 0) is 14.4 Å². The number of amides is 3. The molecule has 0 radical (unpaired) electrons. The molecule has 0 spiro atoms. The van der Waals surface area contributed by atoms with Gasteiger partial charge in [-0.05, 0) is 37.8 Å². The highest BCUT2D eigenvalue weighted by Crippen LogP contribution is 2.34. The van der Waals surface area contributed by atoms with Crippen molar-refractivity contribution in [3.05, 3.63) is 29.5 Å². The number of imide groups is 1.